The molecule has 2 N–H and O–H groups in total. The summed E-state index contributed by atoms with van der Waals surface area (Å²) in [7, 11) is 0. The third-order valence-corrected chi connectivity index (χ3v) is 2.53. The summed E-state index contributed by atoms with van der Waals surface area (Å²) in [5.74, 6) is 0.736. The second-order valence-corrected chi connectivity index (χ2v) is 4.52. The van der Waals surface area contributed by atoms with Gasteiger partial charge >= 0.3 is 0 Å². The third kappa shape index (κ3) is 5.29. The van der Waals surface area contributed by atoms with Crippen molar-refractivity contribution in [3.8, 4) is 5.75 Å². The smallest absolute Gasteiger partial charge is 0.138 e. The van der Waals surface area contributed by atoms with Crippen molar-refractivity contribution in [1.29, 1.82) is 0 Å². The summed E-state index contributed by atoms with van der Waals surface area (Å²) in [6.07, 6.45) is 0. The van der Waals surface area contributed by atoms with E-state index in [1.165, 1.54) is 0 Å². The zero-order valence-corrected chi connectivity index (χ0v) is 11.5. The van der Waals surface area contributed by atoms with Gasteiger partial charge in [0.15, 0.2) is 0 Å². The van der Waals surface area contributed by atoms with E-state index in [0.29, 0.717) is 17.7 Å². The quantitative estimate of drug-likeness (QED) is 0.736. The molecule has 1 aromatic rings. The first-order valence-corrected chi connectivity index (χ1v) is 6.41. The molecule has 0 aromatic heterocycles. The molecule has 17 heavy (non-hydrogen) atoms. The summed E-state index contributed by atoms with van der Waals surface area (Å²) in [4.78, 5) is 0. The molecular formula is C13H21ClN2O. The monoisotopic (exact) mass is 256 g/mol. The largest absolute Gasteiger partial charge is 0.492 e. The first-order chi connectivity index (χ1) is 8.13. The van der Waals surface area contributed by atoms with Crippen molar-refractivity contribution in [2.45, 2.75) is 26.8 Å². The average molecular weight is 257 g/mol. The summed E-state index contributed by atoms with van der Waals surface area (Å²) < 4.78 is 5.38. The zero-order chi connectivity index (χ0) is 12.7. The van der Waals surface area contributed by atoms with E-state index in [0.717, 1.165) is 24.5 Å². The summed E-state index contributed by atoms with van der Waals surface area (Å²) in [6.45, 7) is 8.65. The Bertz CT molecular complexity index is 342. The molecule has 0 bridgehead atoms. The first-order valence-electron chi connectivity index (χ1n) is 6.03. The van der Waals surface area contributed by atoms with Crippen molar-refractivity contribution in [2.24, 2.45) is 0 Å². The topological polar surface area (TPSA) is 33.3 Å². The van der Waals surface area contributed by atoms with E-state index in [4.69, 9.17) is 16.3 Å². The van der Waals surface area contributed by atoms with Crippen molar-refractivity contribution >= 4 is 17.3 Å². The normalized spacial score (nSPS) is 10.6. The third-order valence-electron chi connectivity index (χ3n) is 2.24. The highest BCUT2D eigenvalue weighted by Gasteiger charge is 2.02. The van der Waals surface area contributed by atoms with Crippen molar-refractivity contribution in [2.75, 3.05) is 25.0 Å². The van der Waals surface area contributed by atoms with Crippen LogP contribution in [0.3, 0.4) is 0 Å². The van der Waals surface area contributed by atoms with Gasteiger partial charge in [0, 0.05) is 24.8 Å². The van der Waals surface area contributed by atoms with Crippen molar-refractivity contribution in [3.63, 3.8) is 0 Å². The van der Waals surface area contributed by atoms with E-state index in [-0.39, 0.29) is 0 Å². The Morgan fingerprint density at radius 2 is 2.06 bits per heavy atom. The van der Waals surface area contributed by atoms with Crippen LogP contribution >= 0.6 is 11.6 Å². The maximum atomic E-state index is 6.09. The van der Waals surface area contributed by atoms with Gasteiger partial charge in [-0.15, -0.1) is 0 Å². The molecule has 0 unspecified atom stereocenters. The minimum atomic E-state index is 0.515. The molecule has 96 valence electrons. The van der Waals surface area contributed by atoms with E-state index in [9.17, 15) is 0 Å². The summed E-state index contributed by atoms with van der Waals surface area (Å²) in [6, 6.07) is 6.28. The minimum Gasteiger partial charge on any atom is -0.492 e. The van der Waals surface area contributed by atoms with Gasteiger partial charge in [-0.05, 0) is 25.1 Å². The van der Waals surface area contributed by atoms with Crippen LogP contribution < -0.4 is 15.4 Å². The van der Waals surface area contributed by atoms with E-state index in [1.807, 2.05) is 25.1 Å². The molecule has 0 heterocycles. The second-order valence-electron chi connectivity index (χ2n) is 4.11. The van der Waals surface area contributed by atoms with Gasteiger partial charge in [0.25, 0.3) is 0 Å². The molecule has 0 fully saturated rings. The van der Waals surface area contributed by atoms with Crippen LogP contribution in [0.4, 0.5) is 5.69 Å². The second kappa shape index (κ2) is 7.41. The number of rotatable bonds is 7. The maximum absolute atomic E-state index is 6.09. The SMILES string of the molecule is CCOc1ccc(NCCNC(C)C)cc1Cl. The van der Waals surface area contributed by atoms with Crippen molar-refractivity contribution < 1.29 is 4.74 Å². The molecule has 0 aliphatic heterocycles. The highest BCUT2D eigenvalue weighted by atomic mass is 35.5. The van der Waals surface area contributed by atoms with Crippen LogP contribution in [0, 0.1) is 0 Å². The summed E-state index contributed by atoms with van der Waals surface area (Å²) in [5, 5.41) is 7.30. The standard InChI is InChI=1S/C13H21ClN2O/c1-4-17-13-6-5-11(9-12(13)14)16-8-7-15-10(2)3/h5-6,9-10,15-16H,4,7-8H2,1-3H3. The molecule has 0 radical (unpaired) electrons. The van der Waals surface area contributed by atoms with E-state index < -0.39 is 0 Å². The first kappa shape index (κ1) is 14.1. The van der Waals surface area contributed by atoms with Gasteiger partial charge in [0.2, 0.25) is 0 Å². The van der Waals surface area contributed by atoms with Gasteiger partial charge in [-0.25, -0.2) is 0 Å². The van der Waals surface area contributed by atoms with Crippen LogP contribution in [-0.2, 0) is 0 Å². The van der Waals surface area contributed by atoms with Crippen molar-refractivity contribution in [3.05, 3.63) is 23.2 Å². The molecule has 0 saturated heterocycles. The van der Waals surface area contributed by atoms with Gasteiger partial charge in [0.1, 0.15) is 5.75 Å². The van der Waals surface area contributed by atoms with Crippen LogP contribution in [0.1, 0.15) is 20.8 Å². The number of anilines is 1. The van der Waals surface area contributed by atoms with Gasteiger partial charge in [-0.3, -0.25) is 0 Å². The lowest BCUT2D eigenvalue weighted by Gasteiger charge is -2.11. The highest BCUT2D eigenvalue weighted by molar-refractivity contribution is 6.32. The van der Waals surface area contributed by atoms with Gasteiger partial charge < -0.3 is 15.4 Å². The molecule has 0 spiro atoms. The van der Waals surface area contributed by atoms with Gasteiger partial charge in [-0.2, -0.15) is 0 Å². The van der Waals surface area contributed by atoms with Crippen LogP contribution in [0.5, 0.6) is 5.75 Å². The maximum Gasteiger partial charge on any atom is 0.138 e. The highest BCUT2D eigenvalue weighted by Crippen LogP contribution is 2.27. The number of benzene rings is 1. The number of halogens is 1. The molecule has 1 rings (SSSR count). The summed E-state index contributed by atoms with van der Waals surface area (Å²) in [5.41, 5.74) is 1.02. The molecule has 0 saturated carbocycles. The fraction of sp³-hybridized carbons (Fsp3) is 0.538. The number of ether oxygens (including phenoxy) is 1. The average Bonchev–Trinajstić information content (AvgIpc) is 2.28. The van der Waals surface area contributed by atoms with Gasteiger partial charge in [0.05, 0.1) is 11.6 Å². The molecule has 0 atom stereocenters. The molecule has 1 aromatic carbocycles. The Hall–Kier alpha value is -0.930. The number of hydrogen-bond donors (Lipinski definition) is 2. The van der Waals surface area contributed by atoms with Crippen LogP contribution in [0.25, 0.3) is 0 Å². The fourth-order valence-electron chi connectivity index (χ4n) is 1.45. The predicted octanol–water partition coefficient (Wildman–Crippen LogP) is 3.15. The number of hydrogen-bond acceptors (Lipinski definition) is 3. The van der Waals surface area contributed by atoms with Crippen LogP contribution in [0.2, 0.25) is 5.02 Å². The predicted molar refractivity (Wildman–Crippen MR) is 74.2 cm³/mol. The van der Waals surface area contributed by atoms with Crippen LogP contribution in [-0.4, -0.2) is 25.7 Å². The Labute approximate surface area is 109 Å². The molecule has 4 heteroatoms. The Morgan fingerprint density at radius 3 is 2.65 bits per heavy atom. The van der Waals surface area contributed by atoms with E-state index in [2.05, 4.69) is 24.5 Å². The molecule has 0 aliphatic rings. The zero-order valence-electron chi connectivity index (χ0n) is 10.7. The Morgan fingerprint density at radius 1 is 1.29 bits per heavy atom. The molecular weight excluding hydrogens is 236 g/mol. The Balaban J connectivity index is 2.41. The summed E-state index contributed by atoms with van der Waals surface area (Å²) >= 11 is 6.09. The van der Waals surface area contributed by atoms with Crippen molar-refractivity contribution in [1.82, 2.24) is 5.32 Å². The Kier molecular flexibility index (Phi) is 6.16. The molecule has 3 nitrogen and oxygen atoms in total. The lowest BCUT2D eigenvalue weighted by atomic mass is 10.3. The molecule has 0 amide bonds. The lowest BCUT2D eigenvalue weighted by Crippen LogP contribution is -2.28. The van der Waals surface area contributed by atoms with Crippen LogP contribution in [0.15, 0.2) is 18.2 Å². The van der Waals surface area contributed by atoms with E-state index in [1.54, 1.807) is 0 Å². The minimum absolute atomic E-state index is 0.515. The lowest BCUT2D eigenvalue weighted by molar-refractivity contribution is 0.340. The van der Waals surface area contributed by atoms with E-state index >= 15 is 0 Å². The van der Waals surface area contributed by atoms with Gasteiger partial charge in [-0.1, -0.05) is 25.4 Å². The molecule has 0 aliphatic carbocycles. The number of nitrogens with one attached hydrogen (secondary N) is 2. The fourth-order valence-corrected chi connectivity index (χ4v) is 1.69.